The molecule has 1 fully saturated rings. The van der Waals surface area contributed by atoms with E-state index in [4.69, 9.17) is 5.73 Å². The van der Waals surface area contributed by atoms with Crippen molar-refractivity contribution in [3.8, 4) is 0 Å². The molecule has 1 aromatic heterocycles. The average molecular weight is 292 g/mol. The Labute approximate surface area is 126 Å². The summed E-state index contributed by atoms with van der Waals surface area (Å²) in [5.74, 6) is 0.669. The summed E-state index contributed by atoms with van der Waals surface area (Å²) in [7, 11) is 0. The van der Waals surface area contributed by atoms with E-state index in [0.717, 1.165) is 25.2 Å². The third-order valence-corrected chi connectivity index (χ3v) is 3.99. The van der Waals surface area contributed by atoms with Crippen molar-refractivity contribution in [2.75, 3.05) is 19.6 Å². The molecule has 1 aromatic carbocycles. The second-order valence-corrected chi connectivity index (χ2v) is 5.52. The molecule has 108 valence electrons. The minimum Gasteiger partial charge on any atom is -0.330 e. The van der Waals surface area contributed by atoms with Crippen LogP contribution in [0.25, 0.3) is 10.9 Å². The van der Waals surface area contributed by atoms with E-state index in [1.54, 1.807) is 0 Å². The van der Waals surface area contributed by atoms with Crippen LogP contribution >= 0.6 is 12.4 Å². The Morgan fingerprint density at radius 2 is 2.15 bits per heavy atom. The van der Waals surface area contributed by atoms with Crippen molar-refractivity contribution in [2.24, 2.45) is 11.7 Å². The SMILES string of the molecule is Cl.NCC1CCCN(Cc2cnc3ccccc3c2)C1. The summed E-state index contributed by atoms with van der Waals surface area (Å²) in [4.78, 5) is 7.04. The van der Waals surface area contributed by atoms with Crippen molar-refractivity contribution in [2.45, 2.75) is 19.4 Å². The first-order chi connectivity index (χ1) is 9.35. The minimum absolute atomic E-state index is 0. The predicted octanol–water partition coefficient (Wildman–Crippen LogP) is 2.83. The summed E-state index contributed by atoms with van der Waals surface area (Å²) in [5.41, 5.74) is 8.17. The highest BCUT2D eigenvalue weighted by Crippen LogP contribution is 2.19. The fraction of sp³-hybridized carbons (Fsp3) is 0.438. The van der Waals surface area contributed by atoms with Crippen LogP contribution in [-0.4, -0.2) is 29.5 Å². The molecule has 1 saturated heterocycles. The molecule has 2 heterocycles. The summed E-state index contributed by atoms with van der Waals surface area (Å²) in [6, 6.07) is 10.5. The fourth-order valence-corrected chi connectivity index (χ4v) is 2.95. The predicted molar refractivity (Wildman–Crippen MR) is 86.0 cm³/mol. The molecule has 0 amide bonds. The Morgan fingerprint density at radius 3 is 3.00 bits per heavy atom. The maximum atomic E-state index is 5.79. The van der Waals surface area contributed by atoms with Gasteiger partial charge in [0.05, 0.1) is 5.52 Å². The molecule has 0 saturated carbocycles. The van der Waals surface area contributed by atoms with Gasteiger partial charge in [-0.1, -0.05) is 18.2 Å². The molecule has 1 aliphatic rings. The summed E-state index contributed by atoms with van der Waals surface area (Å²) >= 11 is 0. The number of likely N-dealkylation sites (tertiary alicyclic amines) is 1. The topological polar surface area (TPSA) is 42.1 Å². The van der Waals surface area contributed by atoms with Gasteiger partial charge in [-0.15, -0.1) is 12.4 Å². The van der Waals surface area contributed by atoms with E-state index < -0.39 is 0 Å². The van der Waals surface area contributed by atoms with Crippen LogP contribution in [0.3, 0.4) is 0 Å². The largest absolute Gasteiger partial charge is 0.330 e. The third-order valence-electron chi connectivity index (χ3n) is 3.99. The molecule has 1 unspecified atom stereocenters. The molecule has 1 aliphatic heterocycles. The summed E-state index contributed by atoms with van der Waals surface area (Å²) in [6.45, 7) is 4.12. The number of nitrogens with two attached hydrogens (primary N) is 1. The van der Waals surface area contributed by atoms with Gasteiger partial charge < -0.3 is 5.73 Å². The van der Waals surface area contributed by atoms with Crippen molar-refractivity contribution < 1.29 is 0 Å². The first kappa shape index (κ1) is 15.2. The van der Waals surface area contributed by atoms with E-state index in [-0.39, 0.29) is 12.4 Å². The lowest BCUT2D eigenvalue weighted by Crippen LogP contribution is -2.37. The molecule has 0 bridgehead atoms. The van der Waals surface area contributed by atoms with Crippen LogP contribution in [0.5, 0.6) is 0 Å². The maximum Gasteiger partial charge on any atom is 0.0702 e. The monoisotopic (exact) mass is 291 g/mol. The molecule has 0 aliphatic carbocycles. The van der Waals surface area contributed by atoms with Crippen molar-refractivity contribution in [3.05, 3.63) is 42.1 Å². The minimum atomic E-state index is 0. The number of benzene rings is 1. The molecular formula is C16H22ClN3. The number of para-hydroxylation sites is 1. The van der Waals surface area contributed by atoms with Crippen LogP contribution in [0.2, 0.25) is 0 Å². The van der Waals surface area contributed by atoms with Crippen LogP contribution in [0.15, 0.2) is 36.5 Å². The fourth-order valence-electron chi connectivity index (χ4n) is 2.95. The number of pyridine rings is 1. The Bertz CT molecular complexity index is 558. The van der Waals surface area contributed by atoms with E-state index in [1.807, 2.05) is 12.3 Å². The third kappa shape index (κ3) is 3.48. The van der Waals surface area contributed by atoms with Gasteiger partial charge in [-0.05, 0) is 49.5 Å². The quantitative estimate of drug-likeness (QED) is 0.945. The molecular weight excluding hydrogens is 270 g/mol. The molecule has 3 rings (SSSR count). The Hall–Kier alpha value is -1.16. The smallest absolute Gasteiger partial charge is 0.0702 e. The van der Waals surface area contributed by atoms with Gasteiger partial charge in [0.2, 0.25) is 0 Å². The molecule has 1 atom stereocenters. The zero-order valence-electron chi connectivity index (χ0n) is 11.7. The van der Waals surface area contributed by atoms with E-state index in [0.29, 0.717) is 5.92 Å². The van der Waals surface area contributed by atoms with Gasteiger partial charge in [0.15, 0.2) is 0 Å². The summed E-state index contributed by atoms with van der Waals surface area (Å²) in [5, 5.41) is 1.23. The van der Waals surface area contributed by atoms with Crippen molar-refractivity contribution in [1.82, 2.24) is 9.88 Å². The molecule has 2 aromatic rings. The van der Waals surface area contributed by atoms with Crippen LogP contribution in [0, 0.1) is 5.92 Å². The number of piperidine rings is 1. The molecule has 0 radical (unpaired) electrons. The average Bonchev–Trinajstić information content (AvgIpc) is 2.47. The lowest BCUT2D eigenvalue weighted by molar-refractivity contribution is 0.171. The summed E-state index contributed by atoms with van der Waals surface area (Å²) in [6.07, 6.45) is 4.56. The number of aromatic nitrogens is 1. The lowest BCUT2D eigenvalue weighted by Gasteiger charge is -2.32. The Balaban J connectivity index is 0.00000147. The first-order valence-electron chi connectivity index (χ1n) is 7.11. The van der Waals surface area contributed by atoms with Gasteiger partial charge in [0, 0.05) is 24.7 Å². The number of nitrogens with zero attached hydrogens (tertiary/aromatic N) is 2. The number of rotatable bonds is 3. The zero-order valence-corrected chi connectivity index (χ0v) is 12.5. The second kappa shape index (κ2) is 7.02. The lowest BCUT2D eigenvalue weighted by atomic mass is 9.98. The van der Waals surface area contributed by atoms with Crippen LogP contribution < -0.4 is 5.73 Å². The molecule has 4 heteroatoms. The van der Waals surface area contributed by atoms with E-state index in [9.17, 15) is 0 Å². The maximum absolute atomic E-state index is 5.79. The summed E-state index contributed by atoms with van der Waals surface area (Å²) < 4.78 is 0. The van der Waals surface area contributed by atoms with Gasteiger partial charge in [-0.25, -0.2) is 0 Å². The first-order valence-corrected chi connectivity index (χ1v) is 7.11. The van der Waals surface area contributed by atoms with Gasteiger partial charge in [0.1, 0.15) is 0 Å². The highest BCUT2D eigenvalue weighted by molar-refractivity contribution is 5.85. The number of halogens is 1. The normalized spacial score (nSPS) is 19.8. The Kier molecular flexibility index (Phi) is 5.35. The number of hydrogen-bond donors (Lipinski definition) is 1. The molecule has 2 N–H and O–H groups in total. The molecule has 20 heavy (non-hydrogen) atoms. The standard InChI is InChI=1S/C16H21N3.ClH/c17-9-13-4-3-7-19(11-13)12-14-8-15-5-1-2-6-16(15)18-10-14;/h1-2,5-6,8,10,13H,3-4,7,9,11-12,17H2;1H. The van der Waals surface area contributed by atoms with Crippen molar-refractivity contribution in [1.29, 1.82) is 0 Å². The zero-order chi connectivity index (χ0) is 13.1. The Morgan fingerprint density at radius 1 is 1.30 bits per heavy atom. The second-order valence-electron chi connectivity index (χ2n) is 5.52. The van der Waals surface area contributed by atoms with Gasteiger partial charge in [-0.3, -0.25) is 9.88 Å². The van der Waals surface area contributed by atoms with Gasteiger partial charge in [-0.2, -0.15) is 0 Å². The van der Waals surface area contributed by atoms with Gasteiger partial charge >= 0.3 is 0 Å². The van der Waals surface area contributed by atoms with E-state index in [1.165, 1.54) is 30.3 Å². The van der Waals surface area contributed by atoms with Crippen LogP contribution in [0.4, 0.5) is 0 Å². The number of hydrogen-bond acceptors (Lipinski definition) is 3. The highest BCUT2D eigenvalue weighted by atomic mass is 35.5. The van der Waals surface area contributed by atoms with Crippen molar-refractivity contribution >= 4 is 23.3 Å². The molecule has 0 spiro atoms. The van der Waals surface area contributed by atoms with E-state index >= 15 is 0 Å². The van der Waals surface area contributed by atoms with E-state index in [2.05, 4.69) is 34.1 Å². The van der Waals surface area contributed by atoms with Crippen LogP contribution in [0.1, 0.15) is 18.4 Å². The van der Waals surface area contributed by atoms with Crippen LogP contribution in [-0.2, 0) is 6.54 Å². The molecule has 3 nitrogen and oxygen atoms in total. The number of fused-ring (bicyclic) bond motifs is 1. The highest BCUT2D eigenvalue weighted by Gasteiger charge is 2.18. The van der Waals surface area contributed by atoms with Gasteiger partial charge in [0.25, 0.3) is 0 Å². The van der Waals surface area contributed by atoms with Crippen molar-refractivity contribution in [3.63, 3.8) is 0 Å².